The average molecular weight is 258 g/mol. The van der Waals surface area contributed by atoms with Crippen LogP contribution in [0, 0.1) is 17.2 Å². The van der Waals surface area contributed by atoms with Gasteiger partial charge in [-0.05, 0) is 56.1 Å². The first-order chi connectivity index (χ1) is 9.31. The zero-order valence-corrected chi connectivity index (χ0v) is 11.6. The van der Waals surface area contributed by atoms with Crippen LogP contribution in [0.25, 0.3) is 0 Å². The van der Waals surface area contributed by atoms with Crippen LogP contribution in [-0.2, 0) is 6.54 Å². The molecule has 0 bridgehead atoms. The van der Waals surface area contributed by atoms with Crippen LogP contribution in [0.1, 0.15) is 31.0 Å². The number of pyridine rings is 1. The monoisotopic (exact) mass is 258 g/mol. The van der Waals surface area contributed by atoms with Gasteiger partial charge in [0.25, 0.3) is 0 Å². The van der Waals surface area contributed by atoms with Crippen molar-refractivity contribution in [1.29, 1.82) is 5.26 Å². The van der Waals surface area contributed by atoms with Gasteiger partial charge in [-0.3, -0.25) is 4.90 Å². The lowest BCUT2D eigenvalue weighted by atomic mass is 9.97. The van der Waals surface area contributed by atoms with Crippen molar-refractivity contribution in [2.45, 2.75) is 26.3 Å². The Labute approximate surface area is 115 Å². The molecule has 4 nitrogen and oxygen atoms in total. The van der Waals surface area contributed by atoms with Crippen molar-refractivity contribution < 1.29 is 0 Å². The molecule has 19 heavy (non-hydrogen) atoms. The molecule has 1 aliphatic rings. The molecule has 1 saturated heterocycles. The van der Waals surface area contributed by atoms with Crippen LogP contribution in [0.5, 0.6) is 0 Å². The highest BCUT2D eigenvalue weighted by molar-refractivity contribution is 5.25. The van der Waals surface area contributed by atoms with Gasteiger partial charge in [0.15, 0.2) is 0 Å². The van der Waals surface area contributed by atoms with Gasteiger partial charge in [0, 0.05) is 19.3 Å². The molecular formula is C15H22N4. The normalized spacial score (nSPS) is 16.5. The number of nitriles is 1. The molecule has 102 valence electrons. The Morgan fingerprint density at radius 2 is 2.26 bits per heavy atom. The average Bonchev–Trinajstić information content (AvgIpc) is 2.48. The molecule has 0 unspecified atom stereocenters. The zero-order valence-electron chi connectivity index (χ0n) is 11.6. The maximum atomic E-state index is 8.88. The minimum absolute atomic E-state index is 0.510. The molecule has 4 heteroatoms. The first-order valence-corrected chi connectivity index (χ1v) is 7.10. The molecule has 1 fully saturated rings. The number of aromatic nitrogens is 1. The molecule has 1 aromatic heterocycles. The maximum absolute atomic E-state index is 8.88. The lowest BCUT2D eigenvalue weighted by Gasteiger charge is -2.29. The standard InChI is InChI=1S/C15H22N4/c1-2-19(11-13-3-6-17-7-4-13)12-14-5-8-18-15(9-14)10-16/h5,8-9,13,17H,2-4,6-7,11-12H2,1H3. The van der Waals surface area contributed by atoms with Crippen LogP contribution in [0.4, 0.5) is 0 Å². The smallest absolute Gasteiger partial charge is 0.140 e. The van der Waals surface area contributed by atoms with Gasteiger partial charge >= 0.3 is 0 Å². The van der Waals surface area contributed by atoms with Crippen LogP contribution in [-0.4, -0.2) is 36.1 Å². The third-order valence-electron chi connectivity index (χ3n) is 3.77. The van der Waals surface area contributed by atoms with Crippen LogP contribution in [0.2, 0.25) is 0 Å². The highest BCUT2D eigenvalue weighted by atomic mass is 15.1. The van der Waals surface area contributed by atoms with Gasteiger partial charge < -0.3 is 5.32 Å². The number of nitrogens with zero attached hydrogens (tertiary/aromatic N) is 3. The van der Waals surface area contributed by atoms with Crippen molar-refractivity contribution in [1.82, 2.24) is 15.2 Å². The Kier molecular flexibility index (Phi) is 5.31. The van der Waals surface area contributed by atoms with Gasteiger partial charge in [0.05, 0.1) is 0 Å². The fraction of sp³-hybridized carbons (Fsp3) is 0.600. The van der Waals surface area contributed by atoms with Gasteiger partial charge in [0.1, 0.15) is 11.8 Å². The summed E-state index contributed by atoms with van der Waals surface area (Å²) in [6.07, 6.45) is 4.28. The minimum atomic E-state index is 0.510. The van der Waals surface area contributed by atoms with Crippen molar-refractivity contribution in [3.05, 3.63) is 29.6 Å². The van der Waals surface area contributed by atoms with Gasteiger partial charge in [-0.2, -0.15) is 5.26 Å². The molecule has 0 radical (unpaired) electrons. The van der Waals surface area contributed by atoms with E-state index in [0.717, 1.165) is 38.6 Å². The molecule has 1 N–H and O–H groups in total. The van der Waals surface area contributed by atoms with Crippen molar-refractivity contribution in [2.24, 2.45) is 5.92 Å². The topological polar surface area (TPSA) is 52.0 Å². The molecule has 1 aliphatic heterocycles. The van der Waals surface area contributed by atoms with E-state index >= 15 is 0 Å². The van der Waals surface area contributed by atoms with E-state index in [1.165, 1.54) is 18.4 Å². The molecule has 0 atom stereocenters. The van der Waals surface area contributed by atoms with E-state index in [1.54, 1.807) is 6.20 Å². The van der Waals surface area contributed by atoms with Gasteiger partial charge in [0.2, 0.25) is 0 Å². The minimum Gasteiger partial charge on any atom is -0.317 e. The highest BCUT2D eigenvalue weighted by Crippen LogP contribution is 2.15. The van der Waals surface area contributed by atoms with Gasteiger partial charge in [-0.1, -0.05) is 6.92 Å². The summed E-state index contributed by atoms with van der Waals surface area (Å²) in [5, 5.41) is 12.3. The number of rotatable bonds is 5. The van der Waals surface area contributed by atoms with Crippen LogP contribution < -0.4 is 5.32 Å². The quantitative estimate of drug-likeness (QED) is 0.874. The summed E-state index contributed by atoms with van der Waals surface area (Å²) in [6.45, 7) is 7.62. The summed E-state index contributed by atoms with van der Waals surface area (Å²) < 4.78 is 0. The van der Waals surface area contributed by atoms with Crippen LogP contribution >= 0.6 is 0 Å². The van der Waals surface area contributed by atoms with E-state index in [2.05, 4.69) is 28.2 Å². The fourth-order valence-electron chi connectivity index (χ4n) is 2.63. The van der Waals surface area contributed by atoms with Crippen molar-refractivity contribution >= 4 is 0 Å². The second-order valence-corrected chi connectivity index (χ2v) is 5.18. The molecule has 0 aliphatic carbocycles. The van der Waals surface area contributed by atoms with Crippen molar-refractivity contribution in [2.75, 3.05) is 26.2 Å². The summed E-state index contributed by atoms with van der Waals surface area (Å²) in [7, 11) is 0. The molecule has 0 saturated carbocycles. The summed E-state index contributed by atoms with van der Waals surface area (Å²) in [6, 6.07) is 6.00. The largest absolute Gasteiger partial charge is 0.317 e. The van der Waals surface area contributed by atoms with Crippen LogP contribution in [0.15, 0.2) is 18.3 Å². The molecular weight excluding hydrogens is 236 g/mol. The summed E-state index contributed by atoms with van der Waals surface area (Å²) >= 11 is 0. The van der Waals surface area contributed by atoms with Crippen molar-refractivity contribution in [3.63, 3.8) is 0 Å². The Morgan fingerprint density at radius 3 is 2.95 bits per heavy atom. The highest BCUT2D eigenvalue weighted by Gasteiger charge is 2.16. The Hall–Kier alpha value is -1.44. The first-order valence-electron chi connectivity index (χ1n) is 7.10. The van der Waals surface area contributed by atoms with Crippen molar-refractivity contribution in [3.8, 4) is 6.07 Å². The van der Waals surface area contributed by atoms with Crippen LogP contribution in [0.3, 0.4) is 0 Å². The lowest BCUT2D eigenvalue weighted by Crippen LogP contribution is -2.35. The fourth-order valence-corrected chi connectivity index (χ4v) is 2.63. The van der Waals surface area contributed by atoms with Gasteiger partial charge in [-0.15, -0.1) is 0 Å². The maximum Gasteiger partial charge on any atom is 0.140 e. The SMILES string of the molecule is CCN(Cc1ccnc(C#N)c1)CC1CCNCC1. The lowest BCUT2D eigenvalue weighted by molar-refractivity contribution is 0.207. The number of hydrogen-bond acceptors (Lipinski definition) is 4. The number of nitrogens with one attached hydrogen (secondary N) is 1. The Bertz CT molecular complexity index is 432. The van der Waals surface area contributed by atoms with E-state index in [-0.39, 0.29) is 0 Å². The summed E-state index contributed by atoms with van der Waals surface area (Å²) in [4.78, 5) is 6.48. The van der Waals surface area contributed by atoms with Gasteiger partial charge in [-0.25, -0.2) is 4.98 Å². The van der Waals surface area contributed by atoms with E-state index in [9.17, 15) is 0 Å². The van der Waals surface area contributed by atoms with E-state index in [1.807, 2.05) is 12.1 Å². The second kappa shape index (κ2) is 7.22. The molecule has 2 rings (SSSR count). The zero-order chi connectivity index (χ0) is 13.5. The molecule has 0 aromatic carbocycles. The summed E-state index contributed by atoms with van der Waals surface area (Å²) in [5.74, 6) is 0.804. The predicted octanol–water partition coefficient (Wildman–Crippen LogP) is 1.77. The van der Waals surface area contributed by atoms with E-state index in [0.29, 0.717) is 5.69 Å². The van der Waals surface area contributed by atoms with E-state index in [4.69, 9.17) is 5.26 Å². The Balaban J connectivity index is 1.92. The Morgan fingerprint density at radius 1 is 1.47 bits per heavy atom. The predicted molar refractivity (Wildman–Crippen MR) is 75.5 cm³/mol. The summed E-state index contributed by atoms with van der Waals surface area (Å²) in [5.41, 5.74) is 1.69. The third-order valence-corrected chi connectivity index (χ3v) is 3.77. The first kappa shape index (κ1) is 14.0. The number of hydrogen-bond donors (Lipinski definition) is 1. The van der Waals surface area contributed by atoms with E-state index < -0.39 is 0 Å². The molecule has 1 aromatic rings. The molecule has 0 spiro atoms. The molecule has 0 amide bonds. The third kappa shape index (κ3) is 4.30. The number of piperidine rings is 1. The molecule has 2 heterocycles. The second-order valence-electron chi connectivity index (χ2n) is 5.18.